The molecule has 0 amide bonds. The first-order chi connectivity index (χ1) is 23.0. The highest BCUT2D eigenvalue weighted by Crippen LogP contribution is 2.50. The van der Waals surface area contributed by atoms with Crippen molar-refractivity contribution in [1.82, 2.24) is 9.97 Å². The number of aromatic nitrogens is 2. The van der Waals surface area contributed by atoms with Gasteiger partial charge in [0.2, 0.25) is 0 Å². The van der Waals surface area contributed by atoms with Crippen LogP contribution in [0.4, 0.5) is 0 Å². The van der Waals surface area contributed by atoms with Gasteiger partial charge in [0, 0.05) is 16.5 Å². The Hall–Kier alpha value is -5.86. The fourth-order valence-electron chi connectivity index (χ4n) is 7.41. The predicted molar refractivity (Wildman–Crippen MR) is 196 cm³/mol. The van der Waals surface area contributed by atoms with Gasteiger partial charge in [-0.1, -0.05) is 141 Å². The van der Waals surface area contributed by atoms with E-state index in [0.717, 1.165) is 33.5 Å². The standard InChI is InChI=1S/C45H32N2/c1-45(2)39-19-7-6-17-36(39)38-27-33-15-11-18-35(37(33)28-40(38)45)32-14-10-16-34(26-32)44-43(46-41-20-8-9-21-42(41)47-44)31-24-22-30(23-25-31)29-12-4-3-5-13-29/h3-28H,1-2H3. The summed E-state index contributed by atoms with van der Waals surface area (Å²) in [6.45, 7) is 4.69. The van der Waals surface area contributed by atoms with Gasteiger partial charge in [-0.2, -0.15) is 0 Å². The van der Waals surface area contributed by atoms with E-state index >= 15 is 0 Å². The summed E-state index contributed by atoms with van der Waals surface area (Å²) in [5.74, 6) is 0. The van der Waals surface area contributed by atoms with E-state index in [4.69, 9.17) is 9.97 Å². The van der Waals surface area contributed by atoms with E-state index in [2.05, 4.69) is 141 Å². The first-order valence-electron chi connectivity index (χ1n) is 16.3. The van der Waals surface area contributed by atoms with Crippen LogP contribution < -0.4 is 0 Å². The minimum atomic E-state index is -0.0548. The van der Waals surface area contributed by atoms with E-state index in [1.54, 1.807) is 0 Å². The summed E-state index contributed by atoms with van der Waals surface area (Å²) < 4.78 is 0. The lowest BCUT2D eigenvalue weighted by Gasteiger charge is -2.22. The fraction of sp³-hybridized carbons (Fsp3) is 0.0667. The molecule has 7 aromatic carbocycles. The molecule has 0 aliphatic heterocycles. The molecule has 0 saturated carbocycles. The fourth-order valence-corrected chi connectivity index (χ4v) is 7.41. The number of rotatable bonds is 4. The highest BCUT2D eigenvalue weighted by atomic mass is 14.8. The molecule has 0 fully saturated rings. The van der Waals surface area contributed by atoms with Crippen molar-refractivity contribution in [3.63, 3.8) is 0 Å². The van der Waals surface area contributed by atoms with Gasteiger partial charge in [-0.25, -0.2) is 9.97 Å². The van der Waals surface area contributed by atoms with Crippen molar-refractivity contribution in [3.8, 4) is 55.9 Å². The first kappa shape index (κ1) is 27.5. The monoisotopic (exact) mass is 600 g/mol. The molecule has 0 unspecified atom stereocenters. The lowest BCUT2D eigenvalue weighted by atomic mass is 9.81. The zero-order valence-electron chi connectivity index (χ0n) is 26.4. The number of benzene rings is 7. The number of para-hydroxylation sites is 2. The average molecular weight is 601 g/mol. The van der Waals surface area contributed by atoms with Gasteiger partial charge in [-0.05, 0) is 85.6 Å². The van der Waals surface area contributed by atoms with Crippen molar-refractivity contribution in [2.45, 2.75) is 19.3 Å². The Labute approximate surface area is 275 Å². The van der Waals surface area contributed by atoms with Crippen LogP contribution >= 0.6 is 0 Å². The predicted octanol–water partition coefficient (Wildman–Crippen LogP) is 11.8. The van der Waals surface area contributed by atoms with Gasteiger partial charge >= 0.3 is 0 Å². The Bertz CT molecular complexity index is 2470. The second-order valence-corrected chi connectivity index (χ2v) is 13.0. The van der Waals surface area contributed by atoms with Gasteiger partial charge < -0.3 is 0 Å². The normalized spacial score (nSPS) is 13.1. The van der Waals surface area contributed by atoms with Crippen molar-refractivity contribution < 1.29 is 0 Å². The quantitative estimate of drug-likeness (QED) is 0.201. The third kappa shape index (κ3) is 4.48. The summed E-state index contributed by atoms with van der Waals surface area (Å²) in [6, 6.07) is 56.4. The molecule has 0 N–H and O–H groups in total. The summed E-state index contributed by atoms with van der Waals surface area (Å²) in [7, 11) is 0. The molecule has 2 nitrogen and oxygen atoms in total. The third-order valence-corrected chi connectivity index (χ3v) is 9.87. The molecule has 1 aromatic heterocycles. The molecule has 0 spiro atoms. The molecule has 0 radical (unpaired) electrons. The maximum atomic E-state index is 5.23. The van der Waals surface area contributed by atoms with Gasteiger partial charge in [0.1, 0.15) is 0 Å². The van der Waals surface area contributed by atoms with Crippen molar-refractivity contribution >= 4 is 21.8 Å². The van der Waals surface area contributed by atoms with Crippen LogP contribution in [0.2, 0.25) is 0 Å². The molecule has 0 atom stereocenters. The van der Waals surface area contributed by atoms with E-state index in [-0.39, 0.29) is 5.41 Å². The van der Waals surface area contributed by atoms with Crippen molar-refractivity contribution in [2.24, 2.45) is 0 Å². The molecular weight excluding hydrogens is 569 g/mol. The van der Waals surface area contributed by atoms with Crippen LogP contribution in [0, 0.1) is 0 Å². The molecule has 222 valence electrons. The molecule has 1 heterocycles. The maximum absolute atomic E-state index is 5.23. The molecule has 0 saturated heterocycles. The Balaban J connectivity index is 1.19. The number of nitrogens with zero attached hydrogens (tertiary/aromatic N) is 2. The van der Waals surface area contributed by atoms with Crippen LogP contribution in [0.15, 0.2) is 158 Å². The van der Waals surface area contributed by atoms with Crippen LogP contribution in [0.3, 0.4) is 0 Å². The second-order valence-electron chi connectivity index (χ2n) is 13.0. The van der Waals surface area contributed by atoms with Gasteiger partial charge in [-0.3, -0.25) is 0 Å². The van der Waals surface area contributed by atoms with Crippen LogP contribution in [-0.2, 0) is 5.41 Å². The highest BCUT2D eigenvalue weighted by molar-refractivity contribution is 6.02. The van der Waals surface area contributed by atoms with Gasteiger partial charge in [0.05, 0.1) is 22.4 Å². The molecule has 8 aromatic rings. The SMILES string of the molecule is CC1(C)c2ccccc2-c2cc3cccc(-c4cccc(-c5nc6ccccc6nc5-c5ccc(-c6ccccc6)cc5)c4)c3cc21. The van der Waals surface area contributed by atoms with Gasteiger partial charge in [0.25, 0.3) is 0 Å². The Morgan fingerprint density at radius 1 is 0.383 bits per heavy atom. The van der Waals surface area contributed by atoms with E-state index in [1.165, 1.54) is 55.3 Å². The lowest BCUT2D eigenvalue weighted by Crippen LogP contribution is -2.14. The summed E-state index contributed by atoms with van der Waals surface area (Å²) >= 11 is 0. The molecular formula is C45H32N2. The van der Waals surface area contributed by atoms with Gasteiger partial charge in [0.15, 0.2) is 0 Å². The zero-order valence-corrected chi connectivity index (χ0v) is 26.4. The first-order valence-corrected chi connectivity index (χ1v) is 16.3. The molecule has 47 heavy (non-hydrogen) atoms. The zero-order chi connectivity index (χ0) is 31.5. The van der Waals surface area contributed by atoms with E-state index in [9.17, 15) is 0 Å². The summed E-state index contributed by atoms with van der Waals surface area (Å²) in [4.78, 5) is 10.4. The third-order valence-electron chi connectivity index (χ3n) is 9.87. The topological polar surface area (TPSA) is 25.8 Å². The Kier molecular flexibility index (Phi) is 6.20. The summed E-state index contributed by atoms with van der Waals surface area (Å²) in [6.07, 6.45) is 0. The van der Waals surface area contributed by atoms with Crippen LogP contribution in [-0.4, -0.2) is 9.97 Å². The summed E-state index contributed by atoms with van der Waals surface area (Å²) in [5, 5.41) is 2.52. The van der Waals surface area contributed by atoms with Crippen LogP contribution in [0.25, 0.3) is 77.7 Å². The number of hydrogen-bond acceptors (Lipinski definition) is 2. The molecule has 1 aliphatic carbocycles. The van der Waals surface area contributed by atoms with Crippen LogP contribution in [0.1, 0.15) is 25.0 Å². The molecule has 0 bridgehead atoms. The van der Waals surface area contributed by atoms with Gasteiger partial charge in [-0.15, -0.1) is 0 Å². The molecule has 1 aliphatic rings. The lowest BCUT2D eigenvalue weighted by molar-refractivity contribution is 0.661. The van der Waals surface area contributed by atoms with Crippen molar-refractivity contribution in [2.75, 3.05) is 0 Å². The minimum absolute atomic E-state index is 0.0548. The van der Waals surface area contributed by atoms with E-state index in [1.807, 2.05) is 30.3 Å². The average Bonchev–Trinajstić information content (AvgIpc) is 3.35. The Morgan fingerprint density at radius 3 is 1.74 bits per heavy atom. The maximum Gasteiger partial charge on any atom is 0.0973 e. The highest BCUT2D eigenvalue weighted by Gasteiger charge is 2.35. The number of hydrogen-bond donors (Lipinski definition) is 0. The minimum Gasteiger partial charge on any atom is -0.244 e. The van der Waals surface area contributed by atoms with E-state index in [0.29, 0.717) is 0 Å². The second kappa shape index (κ2) is 10.6. The molecule has 2 heteroatoms. The van der Waals surface area contributed by atoms with Crippen molar-refractivity contribution in [3.05, 3.63) is 169 Å². The summed E-state index contributed by atoms with van der Waals surface area (Å²) in [5.41, 5.74) is 15.8. The van der Waals surface area contributed by atoms with E-state index < -0.39 is 0 Å². The number of fused-ring (bicyclic) bond motifs is 5. The van der Waals surface area contributed by atoms with Crippen molar-refractivity contribution in [1.29, 1.82) is 0 Å². The molecule has 9 rings (SSSR count). The largest absolute Gasteiger partial charge is 0.244 e. The Morgan fingerprint density at radius 2 is 0.957 bits per heavy atom. The smallest absolute Gasteiger partial charge is 0.0973 e. The van der Waals surface area contributed by atoms with Crippen LogP contribution in [0.5, 0.6) is 0 Å².